The quantitative estimate of drug-likeness (QED) is 0.591. The van der Waals surface area contributed by atoms with Crippen molar-refractivity contribution in [2.75, 3.05) is 6.54 Å². The molecule has 7 nitrogen and oxygen atoms in total. The summed E-state index contributed by atoms with van der Waals surface area (Å²) in [5.41, 5.74) is -1.54. The predicted molar refractivity (Wildman–Crippen MR) is 87.6 cm³/mol. The number of nitrogens with zero attached hydrogens (tertiary/aromatic N) is 4. The maximum absolute atomic E-state index is 14.0. The minimum absolute atomic E-state index is 0.0252. The van der Waals surface area contributed by atoms with Crippen LogP contribution in [0, 0.1) is 11.6 Å². The van der Waals surface area contributed by atoms with Crippen LogP contribution in [-0.4, -0.2) is 55.3 Å². The Morgan fingerprint density at radius 2 is 1.86 bits per heavy atom. The van der Waals surface area contributed by atoms with E-state index in [0.29, 0.717) is 0 Å². The van der Waals surface area contributed by atoms with Crippen molar-refractivity contribution in [1.82, 2.24) is 20.0 Å². The molecule has 2 heterocycles. The molecule has 0 atom stereocenters. The Hall–Kier alpha value is -2.83. The summed E-state index contributed by atoms with van der Waals surface area (Å²) in [6, 6.07) is 0.811. The van der Waals surface area contributed by atoms with E-state index < -0.39 is 47.6 Å². The van der Waals surface area contributed by atoms with Crippen molar-refractivity contribution in [3.05, 3.63) is 28.8 Å². The highest BCUT2D eigenvalue weighted by molar-refractivity contribution is 7.14. The number of aromatic nitrogens is 2. The molecule has 0 bridgehead atoms. The average molecular weight is 434 g/mol. The zero-order chi connectivity index (χ0) is 21.1. The standard InChI is InChI=1S/C16H11F5N4O3S/c17-8-2-1-7(10(18)11(8)26)12-23-22-9(29-12)5-25-14(28)24(6-16(19,20)21)13(27)15(25)3-4-15/h1-2,26H,3-6H2. The van der Waals surface area contributed by atoms with Gasteiger partial charge in [0.25, 0.3) is 5.91 Å². The van der Waals surface area contributed by atoms with Crippen molar-refractivity contribution in [3.8, 4) is 16.3 Å². The summed E-state index contributed by atoms with van der Waals surface area (Å²) in [7, 11) is 0. The van der Waals surface area contributed by atoms with Crippen molar-refractivity contribution >= 4 is 23.3 Å². The Bertz CT molecular complexity index is 1020. The second-order valence-corrected chi connectivity index (χ2v) is 7.73. The number of alkyl halides is 3. The van der Waals surface area contributed by atoms with Crippen LogP contribution >= 0.6 is 11.3 Å². The van der Waals surface area contributed by atoms with Gasteiger partial charge in [0.15, 0.2) is 22.4 Å². The Labute approximate surface area is 163 Å². The largest absolute Gasteiger partial charge is 0.503 e. The molecule has 2 aromatic rings. The number of phenolic OH excluding ortho intramolecular Hbond substituents is 1. The van der Waals surface area contributed by atoms with Crippen molar-refractivity contribution in [2.24, 2.45) is 0 Å². The lowest BCUT2D eigenvalue weighted by molar-refractivity contribution is -0.153. The second kappa shape index (κ2) is 6.34. The summed E-state index contributed by atoms with van der Waals surface area (Å²) in [5, 5.41) is 17.0. The summed E-state index contributed by atoms with van der Waals surface area (Å²) < 4.78 is 65.3. The molecule has 2 fully saturated rings. The summed E-state index contributed by atoms with van der Waals surface area (Å²) in [4.78, 5) is 25.9. The summed E-state index contributed by atoms with van der Waals surface area (Å²) >= 11 is 0.806. The van der Waals surface area contributed by atoms with Crippen LogP contribution in [0.1, 0.15) is 17.8 Å². The maximum atomic E-state index is 14.0. The van der Waals surface area contributed by atoms with Gasteiger partial charge in [-0.05, 0) is 25.0 Å². The van der Waals surface area contributed by atoms with E-state index in [0.717, 1.165) is 28.4 Å². The molecule has 1 aliphatic heterocycles. The summed E-state index contributed by atoms with van der Waals surface area (Å²) in [6.07, 6.45) is -4.26. The number of hydrogen-bond acceptors (Lipinski definition) is 6. The maximum Gasteiger partial charge on any atom is 0.406 e. The molecule has 4 rings (SSSR count). The van der Waals surface area contributed by atoms with Gasteiger partial charge in [-0.1, -0.05) is 11.3 Å². The van der Waals surface area contributed by atoms with Crippen LogP contribution in [0.15, 0.2) is 12.1 Å². The van der Waals surface area contributed by atoms with Gasteiger partial charge in [-0.25, -0.2) is 13.6 Å². The van der Waals surface area contributed by atoms with E-state index in [1.54, 1.807) is 0 Å². The molecule has 0 unspecified atom stereocenters. The topological polar surface area (TPSA) is 86.6 Å². The highest BCUT2D eigenvalue weighted by Crippen LogP contribution is 2.49. The number of phenols is 1. The van der Waals surface area contributed by atoms with Gasteiger partial charge in [0.2, 0.25) is 0 Å². The molecule has 1 aromatic carbocycles. The van der Waals surface area contributed by atoms with Gasteiger partial charge in [-0.2, -0.15) is 13.2 Å². The molecular formula is C16H11F5N4O3S. The lowest BCUT2D eigenvalue weighted by Gasteiger charge is -2.19. The second-order valence-electron chi connectivity index (χ2n) is 6.67. The zero-order valence-corrected chi connectivity index (χ0v) is 15.2. The molecule has 2 aliphatic rings. The number of amides is 3. The first-order valence-electron chi connectivity index (χ1n) is 8.23. The third-order valence-electron chi connectivity index (χ3n) is 4.74. The number of benzene rings is 1. The fourth-order valence-electron chi connectivity index (χ4n) is 3.19. The molecule has 1 aliphatic carbocycles. The van der Waals surface area contributed by atoms with Crippen LogP contribution in [0.4, 0.5) is 26.7 Å². The Morgan fingerprint density at radius 1 is 1.17 bits per heavy atom. The Balaban J connectivity index is 1.59. The van der Waals surface area contributed by atoms with Crippen LogP contribution in [-0.2, 0) is 11.3 Å². The molecule has 1 aromatic heterocycles. The molecule has 13 heteroatoms. The van der Waals surface area contributed by atoms with Crippen molar-refractivity contribution in [1.29, 1.82) is 0 Å². The van der Waals surface area contributed by atoms with Crippen molar-refractivity contribution in [2.45, 2.75) is 31.1 Å². The van der Waals surface area contributed by atoms with Crippen molar-refractivity contribution < 1.29 is 36.6 Å². The predicted octanol–water partition coefficient (Wildman–Crippen LogP) is 3.05. The fourth-order valence-corrected chi connectivity index (χ4v) is 4.04. The third-order valence-corrected chi connectivity index (χ3v) is 5.68. The Morgan fingerprint density at radius 3 is 2.48 bits per heavy atom. The highest BCUT2D eigenvalue weighted by atomic mass is 32.1. The molecule has 0 radical (unpaired) electrons. The van der Waals surface area contributed by atoms with E-state index >= 15 is 0 Å². The van der Waals surface area contributed by atoms with E-state index in [4.69, 9.17) is 0 Å². The van der Waals surface area contributed by atoms with Crippen molar-refractivity contribution in [3.63, 3.8) is 0 Å². The third kappa shape index (κ3) is 3.18. The van der Waals surface area contributed by atoms with Gasteiger partial charge in [0.05, 0.1) is 12.1 Å². The minimum atomic E-state index is -4.73. The molecule has 3 amide bonds. The van der Waals surface area contributed by atoms with Gasteiger partial charge in [-0.3, -0.25) is 9.69 Å². The van der Waals surface area contributed by atoms with Crippen LogP contribution in [0.25, 0.3) is 10.6 Å². The molecular weight excluding hydrogens is 423 g/mol. The van der Waals surface area contributed by atoms with E-state index in [2.05, 4.69) is 10.2 Å². The number of hydrogen-bond donors (Lipinski definition) is 1. The highest BCUT2D eigenvalue weighted by Gasteiger charge is 2.65. The van der Waals surface area contributed by atoms with E-state index in [1.165, 1.54) is 0 Å². The average Bonchev–Trinajstić information content (AvgIpc) is 3.28. The van der Waals surface area contributed by atoms with E-state index in [9.17, 15) is 36.6 Å². The monoisotopic (exact) mass is 434 g/mol. The van der Waals surface area contributed by atoms with Gasteiger partial charge < -0.3 is 10.0 Å². The molecule has 1 spiro atoms. The molecule has 1 saturated heterocycles. The minimum Gasteiger partial charge on any atom is -0.503 e. The van der Waals surface area contributed by atoms with E-state index in [1.807, 2.05) is 0 Å². The number of aromatic hydroxyl groups is 1. The smallest absolute Gasteiger partial charge is 0.406 e. The van der Waals surface area contributed by atoms with Gasteiger partial charge in [0.1, 0.15) is 17.1 Å². The van der Waals surface area contributed by atoms with Gasteiger partial charge in [-0.15, -0.1) is 10.2 Å². The number of carbonyl (C=O) groups is 2. The number of urea groups is 1. The molecule has 29 heavy (non-hydrogen) atoms. The van der Waals surface area contributed by atoms with Gasteiger partial charge in [0, 0.05) is 0 Å². The number of halogens is 5. The lowest BCUT2D eigenvalue weighted by atomic mass is 10.2. The Kier molecular flexibility index (Phi) is 4.26. The first kappa shape index (κ1) is 19.5. The number of carbonyl (C=O) groups excluding carboxylic acids is 2. The SMILES string of the molecule is O=C1N(CC(F)(F)F)C(=O)C2(CC2)N1Cc1nnc(-c2ccc(F)c(O)c2F)s1. The molecule has 154 valence electrons. The fraction of sp³-hybridized carbons (Fsp3) is 0.375. The van der Waals surface area contributed by atoms with Crippen LogP contribution < -0.4 is 0 Å². The first-order valence-corrected chi connectivity index (χ1v) is 9.05. The van der Waals surface area contributed by atoms with Crippen LogP contribution in [0.5, 0.6) is 5.75 Å². The normalized spacial score (nSPS) is 18.2. The molecule has 1 N–H and O–H groups in total. The number of rotatable bonds is 4. The van der Waals surface area contributed by atoms with E-state index in [-0.39, 0.29) is 39.9 Å². The van der Waals surface area contributed by atoms with Gasteiger partial charge >= 0.3 is 12.2 Å². The number of imide groups is 1. The summed E-state index contributed by atoms with van der Waals surface area (Å²) in [5.74, 6) is -4.48. The van der Waals surface area contributed by atoms with Crippen LogP contribution in [0.2, 0.25) is 0 Å². The van der Waals surface area contributed by atoms with Crippen LogP contribution in [0.3, 0.4) is 0 Å². The first-order chi connectivity index (χ1) is 13.5. The zero-order valence-electron chi connectivity index (χ0n) is 14.3. The summed E-state index contributed by atoms with van der Waals surface area (Å²) in [6.45, 7) is -1.96. The lowest BCUT2D eigenvalue weighted by Crippen LogP contribution is -2.39. The molecule has 1 saturated carbocycles.